The van der Waals surface area contributed by atoms with Crippen LogP contribution in [0.4, 0.5) is 0 Å². The van der Waals surface area contributed by atoms with Gasteiger partial charge in [-0.05, 0) is 67.7 Å². The maximum absolute atomic E-state index is 5.40. The van der Waals surface area contributed by atoms with E-state index in [2.05, 4.69) is 44.2 Å². The van der Waals surface area contributed by atoms with Crippen molar-refractivity contribution >= 4 is 0 Å². The van der Waals surface area contributed by atoms with Crippen LogP contribution in [0.3, 0.4) is 0 Å². The lowest BCUT2D eigenvalue weighted by Crippen LogP contribution is -2.34. The number of methoxy groups -OCH3 is 1. The molecule has 0 saturated heterocycles. The Hall–Kier alpha value is -1.50. The van der Waals surface area contributed by atoms with Crippen molar-refractivity contribution in [2.45, 2.75) is 45.4 Å². The number of rotatable bonds is 1. The van der Waals surface area contributed by atoms with E-state index in [0.29, 0.717) is 5.41 Å². The molecule has 0 bridgehead atoms. The minimum atomic E-state index is 0.342. The van der Waals surface area contributed by atoms with E-state index in [0.717, 1.165) is 17.6 Å². The summed E-state index contributed by atoms with van der Waals surface area (Å²) in [6.07, 6.45) is 10.1. The number of allylic oxidation sites excluding steroid dienone is 4. The highest BCUT2D eigenvalue weighted by molar-refractivity contribution is 5.47. The summed E-state index contributed by atoms with van der Waals surface area (Å²) in [6.45, 7) is 4.70. The third-order valence-electron chi connectivity index (χ3n) is 5.92. The Bertz CT molecular complexity index is 652. The normalized spacial score (nSPS) is 33.5. The predicted molar refractivity (Wildman–Crippen MR) is 86.7 cm³/mol. The van der Waals surface area contributed by atoms with Crippen molar-refractivity contribution in [3.8, 4) is 5.75 Å². The molecule has 0 N–H and O–H groups in total. The second kappa shape index (κ2) is 4.50. The lowest BCUT2D eigenvalue weighted by atomic mass is 9.59. The number of hydrogen-bond donors (Lipinski definition) is 0. The summed E-state index contributed by atoms with van der Waals surface area (Å²) in [5, 5.41) is 0. The molecule has 1 heteroatoms. The van der Waals surface area contributed by atoms with Gasteiger partial charge >= 0.3 is 0 Å². The summed E-state index contributed by atoms with van der Waals surface area (Å²) in [7, 11) is 1.76. The molecule has 110 valence electrons. The molecule has 1 fully saturated rings. The molecular weight excluding hydrogens is 256 g/mol. The van der Waals surface area contributed by atoms with Gasteiger partial charge in [0, 0.05) is 5.41 Å². The van der Waals surface area contributed by atoms with E-state index < -0.39 is 0 Å². The zero-order valence-electron chi connectivity index (χ0n) is 13.3. The van der Waals surface area contributed by atoms with Gasteiger partial charge in [0.2, 0.25) is 0 Å². The summed E-state index contributed by atoms with van der Waals surface area (Å²) in [6, 6.07) is 6.72. The van der Waals surface area contributed by atoms with Gasteiger partial charge in [0.25, 0.3) is 0 Å². The van der Waals surface area contributed by atoms with Crippen LogP contribution in [-0.4, -0.2) is 7.11 Å². The smallest absolute Gasteiger partial charge is 0.119 e. The van der Waals surface area contributed by atoms with E-state index in [4.69, 9.17) is 4.74 Å². The molecule has 1 saturated carbocycles. The molecule has 0 spiro atoms. The van der Waals surface area contributed by atoms with Crippen LogP contribution < -0.4 is 4.74 Å². The highest BCUT2D eigenvalue weighted by Crippen LogP contribution is 2.57. The van der Waals surface area contributed by atoms with Crippen LogP contribution in [0.2, 0.25) is 0 Å². The van der Waals surface area contributed by atoms with Crippen LogP contribution in [0.15, 0.2) is 41.5 Å². The van der Waals surface area contributed by atoms with Crippen molar-refractivity contribution in [1.29, 1.82) is 0 Å². The SMILES string of the molecule is COc1ccc2c(c1)CC[C@H]1C3=CC(C)=C[C@@]3(C)CC[C@H]21. The highest BCUT2D eigenvalue weighted by atomic mass is 16.5. The average Bonchev–Trinajstić information content (AvgIpc) is 2.80. The highest BCUT2D eigenvalue weighted by Gasteiger charge is 2.44. The summed E-state index contributed by atoms with van der Waals surface area (Å²) in [4.78, 5) is 0. The lowest BCUT2D eigenvalue weighted by molar-refractivity contribution is 0.259. The fraction of sp³-hybridized carbons (Fsp3) is 0.500. The maximum atomic E-state index is 5.40. The van der Waals surface area contributed by atoms with Crippen molar-refractivity contribution in [2.24, 2.45) is 11.3 Å². The molecule has 0 heterocycles. The van der Waals surface area contributed by atoms with E-state index in [1.807, 2.05) is 0 Å². The monoisotopic (exact) mass is 280 g/mol. The molecule has 0 aliphatic heterocycles. The molecule has 3 aliphatic carbocycles. The molecule has 4 rings (SSSR count). The zero-order valence-corrected chi connectivity index (χ0v) is 13.3. The van der Waals surface area contributed by atoms with Crippen molar-refractivity contribution < 1.29 is 4.74 Å². The molecule has 0 amide bonds. The van der Waals surface area contributed by atoms with Crippen LogP contribution in [0.1, 0.15) is 50.2 Å². The Balaban J connectivity index is 1.74. The largest absolute Gasteiger partial charge is 0.497 e. The van der Waals surface area contributed by atoms with E-state index in [9.17, 15) is 0 Å². The molecule has 21 heavy (non-hydrogen) atoms. The molecular formula is C20H24O. The van der Waals surface area contributed by atoms with E-state index in [1.54, 1.807) is 18.2 Å². The molecule has 0 radical (unpaired) electrons. The van der Waals surface area contributed by atoms with E-state index in [-0.39, 0.29) is 0 Å². The van der Waals surface area contributed by atoms with E-state index in [1.165, 1.54) is 36.8 Å². The van der Waals surface area contributed by atoms with Gasteiger partial charge in [0.1, 0.15) is 5.75 Å². The summed E-state index contributed by atoms with van der Waals surface area (Å²) < 4.78 is 5.40. The Kier molecular flexibility index (Phi) is 2.82. The van der Waals surface area contributed by atoms with Crippen LogP contribution >= 0.6 is 0 Å². The molecule has 0 unspecified atom stereocenters. The molecule has 1 nitrogen and oxygen atoms in total. The van der Waals surface area contributed by atoms with Crippen LogP contribution in [-0.2, 0) is 6.42 Å². The Morgan fingerprint density at radius 3 is 2.86 bits per heavy atom. The number of ether oxygens (including phenoxy) is 1. The van der Waals surface area contributed by atoms with Gasteiger partial charge in [-0.3, -0.25) is 0 Å². The summed E-state index contributed by atoms with van der Waals surface area (Å²) in [5.41, 5.74) is 6.61. The minimum absolute atomic E-state index is 0.342. The first-order valence-electron chi connectivity index (χ1n) is 8.19. The topological polar surface area (TPSA) is 9.23 Å². The Morgan fingerprint density at radius 2 is 2.05 bits per heavy atom. The first-order valence-corrected chi connectivity index (χ1v) is 8.19. The van der Waals surface area contributed by atoms with Crippen molar-refractivity contribution in [1.82, 2.24) is 0 Å². The molecule has 1 aromatic rings. The molecule has 3 atom stereocenters. The van der Waals surface area contributed by atoms with Gasteiger partial charge in [0.15, 0.2) is 0 Å². The second-order valence-corrected chi connectivity index (χ2v) is 7.26. The Morgan fingerprint density at radius 1 is 1.19 bits per heavy atom. The minimum Gasteiger partial charge on any atom is -0.497 e. The Labute approximate surface area is 127 Å². The number of hydrogen-bond acceptors (Lipinski definition) is 1. The van der Waals surface area contributed by atoms with Gasteiger partial charge in [0.05, 0.1) is 7.11 Å². The maximum Gasteiger partial charge on any atom is 0.119 e. The second-order valence-electron chi connectivity index (χ2n) is 7.26. The van der Waals surface area contributed by atoms with Gasteiger partial charge in [-0.25, -0.2) is 0 Å². The molecule has 1 aromatic carbocycles. The van der Waals surface area contributed by atoms with Crippen LogP contribution in [0, 0.1) is 11.3 Å². The zero-order chi connectivity index (χ0) is 14.6. The van der Waals surface area contributed by atoms with Crippen molar-refractivity contribution in [2.75, 3.05) is 7.11 Å². The van der Waals surface area contributed by atoms with Crippen molar-refractivity contribution in [3.05, 3.63) is 52.6 Å². The quantitative estimate of drug-likeness (QED) is 0.701. The fourth-order valence-electron chi connectivity index (χ4n) is 4.99. The average molecular weight is 280 g/mol. The van der Waals surface area contributed by atoms with E-state index >= 15 is 0 Å². The van der Waals surface area contributed by atoms with Crippen LogP contribution in [0.5, 0.6) is 5.75 Å². The lowest BCUT2D eigenvalue weighted by Gasteiger charge is -2.45. The molecule has 0 aromatic heterocycles. The van der Waals surface area contributed by atoms with Gasteiger partial charge in [-0.15, -0.1) is 0 Å². The first kappa shape index (κ1) is 13.2. The summed E-state index contributed by atoms with van der Waals surface area (Å²) >= 11 is 0. The molecule has 3 aliphatic rings. The van der Waals surface area contributed by atoms with Gasteiger partial charge in [-0.1, -0.05) is 36.3 Å². The first-order chi connectivity index (χ1) is 10.1. The number of fused-ring (bicyclic) bond motifs is 5. The number of benzene rings is 1. The number of aryl methyl sites for hydroxylation is 1. The third-order valence-corrected chi connectivity index (χ3v) is 5.92. The van der Waals surface area contributed by atoms with Gasteiger partial charge in [-0.2, -0.15) is 0 Å². The van der Waals surface area contributed by atoms with Crippen LogP contribution in [0.25, 0.3) is 0 Å². The fourth-order valence-corrected chi connectivity index (χ4v) is 4.99. The van der Waals surface area contributed by atoms with Crippen molar-refractivity contribution in [3.63, 3.8) is 0 Å². The predicted octanol–water partition coefficient (Wildman–Crippen LogP) is 5.03. The van der Waals surface area contributed by atoms with Gasteiger partial charge < -0.3 is 4.74 Å². The summed E-state index contributed by atoms with van der Waals surface area (Å²) in [5.74, 6) is 2.47. The third kappa shape index (κ3) is 1.90. The standard InChI is InChI=1S/C20H24O/c1-13-10-19-18-6-4-14-11-15(21-3)5-7-16(14)17(18)8-9-20(19,2)12-13/h5,7,10-12,17-18H,4,6,8-9H2,1-3H3/t17-,18-,20-/m1/s1.